The van der Waals surface area contributed by atoms with Crippen molar-refractivity contribution in [3.05, 3.63) is 29.8 Å². The largest absolute Gasteiger partial charge is 0.494 e. The van der Waals surface area contributed by atoms with Crippen LogP contribution in [0.1, 0.15) is 32.3 Å². The molecule has 0 radical (unpaired) electrons. The summed E-state index contributed by atoms with van der Waals surface area (Å²) in [4.78, 5) is 0. The second-order valence-electron chi connectivity index (χ2n) is 5.43. The fourth-order valence-electron chi connectivity index (χ4n) is 2.66. The van der Waals surface area contributed by atoms with Crippen molar-refractivity contribution in [3.8, 4) is 5.75 Å². The third-order valence-corrected chi connectivity index (χ3v) is 3.92. The van der Waals surface area contributed by atoms with Gasteiger partial charge in [-0.15, -0.1) is 0 Å². The summed E-state index contributed by atoms with van der Waals surface area (Å²) in [6.07, 6.45) is 2.48. The Balaban J connectivity index is 1.65. The minimum Gasteiger partial charge on any atom is -0.494 e. The Kier molecular flexibility index (Phi) is 6.30. The van der Waals surface area contributed by atoms with Crippen molar-refractivity contribution in [2.24, 2.45) is 5.92 Å². The SMILES string of the molecule is CCOc1ccccc1CNCCCC1CNNC1C. The minimum atomic E-state index is 0.591. The van der Waals surface area contributed by atoms with E-state index in [1.54, 1.807) is 0 Å². The number of hydrogen-bond donors (Lipinski definition) is 3. The predicted octanol–water partition coefficient (Wildman–Crippen LogP) is 2.07. The molecule has 1 aromatic rings. The zero-order valence-electron chi connectivity index (χ0n) is 12.6. The molecule has 1 aliphatic rings. The van der Waals surface area contributed by atoms with E-state index in [0.29, 0.717) is 6.04 Å². The van der Waals surface area contributed by atoms with Gasteiger partial charge < -0.3 is 10.1 Å². The Bertz CT molecular complexity index is 397. The van der Waals surface area contributed by atoms with E-state index >= 15 is 0 Å². The molecule has 2 rings (SSSR count). The third-order valence-electron chi connectivity index (χ3n) is 3.92. The number of ether oxygens (including phenoxy) is 1. The molecule has 3 N–H and O–H groups in total. The standard InChI is InChI=1S/C16H27N3O/c1-3-20-16-9-5-4-7-15(16)11-17-10-6-8-14-12-18-19-13(14)2/h4-5,7,9,13-14,17-19H,3,6,8,10-12H2,1-2H3. The first-order chi connectivity index (χ1) is 9.81. The number of benzene rings is 1. The van der Waals surface area contributed by atoms with Crippen molar-refractivity contribution in [1.82, 2.24) is 16.2 Å². The molecule has 1 heterocycles. The molecule has 1 fully saturated rings. The van der Waals surface area contributed by atoms with Crippen LogP contribution >= 0.6 is 0 Å². The number of hydrazine groups is 1. The molecule has 1 aromatic carbocycles. The lowest BCUT2D eigenvalue weighted by atomic mass is 9.98. The molecule has 0 amide bonds. The Labute approximate surface area is 122 Å². The molecule has 1 aliphatic heterocycles. The van der Waals surface area contributed by atoms with Crippen LogP contribution in [-0.2, 0) is 6.54 Å². The van der Waals surface area contributed by atoms with Crippen LogP contribution in [0.15, 0.2) is 24.3 Å². The van der Waals surface area contributed by atoms with E-state index in [1.807, 2.05) is 19.1 Å². The summed E-state index contributed by atoms with van der Waals surface area (Å²) in [7, 11) is 0. The van der Waals surface area contributed by atoms with Gasteiger partial charge in [0.05, 0.1) is 6.61 Å². The summed E-state index contributed by atoms with van der Waals surface area (Å²) >= 11 is 0. The summed E-state index contributed by atoms with van der Waals surface area (Å²) in [6.45, 7) is 8.02. The summed E-state index contributed by atoms with van der Waals surface area (Å²) < 4.78 is 5.63. The van der Waals surface area contributed by atoms with E-state index in [4.69, 9.17) is 4.74 Å². The molecule has 0 aromatic heterocycles. The summed E-state index contributed by atoms with van der Waals surface area (Å²) in [5.74, 6) is 1.76. The highest BCUT2D eigenvalue weighted by atomic mass is 16.5. The Morgan fingerprint density at radius 2 is 2.20 bits per heavy atom. The smallest absolute Gasteiger partial charge is 0.123 e. The normalized spacial score (nSPS) is 22.1. The van der Waals surface area contributed by atoms with Gasteiger partial charge in [-0.2, -0.15) is 0 Å². The molecule has 1 saturated heterocycles. The van der Waals surface area contributed by atoms with E-state index < -0.39 is 0 Å². The van der Waals surface area contributed by atoms with Crippen LogP contribution in [0, 0.1) is 5.92 Å². The van der Waals surface area contributed by atoms with E-state index in [1.165, 1.54) is 18.4 Å². The topological polar surface area (TPSA) is 45.3 Å². The molecule has 0 spiro atoms. The first-order valence-corrected chi connectivity index (χ1v) is 7.71. The Morgan fingerprint density at radius 1 is 1.35 bits per heavy atom. The van der Waals surface area contributed by atoms with Crippen LogP contribution in [0.3, 0.4) is 0 Å². The molecule has 0 saturated carbocycles. The van der Waals surface area contributed by atoms with Crippen LogP contribution in [-0.4, -0.2) is 25.7 Å². The van der Waals surface area contributed by atoms with E-state index in [2.05, 4.69) is 35.2 Å². The third kappa shape index (κ3) is 4.47. The van der Waals surface area contributed by atoms with E-state index in [9.17, 15) is 0 Å². The van der Waals surface area contributed by atoms with Gasteiger partial charge in [0, 0.05) is 24.7 Å². The van der Waals surface area contributed by atoms with Crippen LogP contribution in [0.4, 0.5) is 0 Å². The maximum atomic E-state index is 5.63. The van der Waals surface area contributed by atoms with Gasteiger partial charge in [0.25, 0.3) is 0 Å². The van der Waals surface area contributed by atoms with Gasteiger partial charge in [-0.3, -0.25) is 10.9 Å². The quantitative estimate of drug-likeness (QED) is 0.637. The zero-order valence-corrected chi connectivity index (χ0v) is 12.6. The molecular formula is C16H27N3O. The zero-order chi connectivity index (χ0) is 14.2. The van der Waals surface area contributed by atoms with Crippen molar-refractivity contribution in [3.63, 3.8) is 0 Å². The van der Waals surface area contributed by atoms with Gasteiger partial charge in [0.2, 0.25) is 0 Å². The summed E-state index contributed by atoms with van der Waals surface area (Å²) in [5, 5.41) is 3.52. The van der Waals surface area contributed by atoms with E-state index in [0.717, 1.165) is 37.9 Å². The van der Waals surface area contributed by atoms with Gasteiger partial charge in [0.15, 0.2) is 0 Å². The maximum absolute atomic E-state index is 5.63. The van der Waals surface area contributed by atoms with Crippen molar-refractivity contribution >= 4 is 0 Å². The van der Waals surface area contributed by atoms with E-state index in [-0.39, 0.29) is 0 Å². The molecule has 2 unspecified atom stereocenters. The first kappa shape index (κ1) is 15.3. The number of nitrogens with one attached hydrogen (secondary N) is 3. The molecular weight excluding hydrogens is 250 g/mol. The Morgan fingerprint density at radius 3 is 2.95 bits per heavy atom. The molecule has 2 atom stereocenters. The molecule has 112 valence electrons. The molecule has 0 bridgehead atoms. The first-order valence-electron chi connectivity index (χ1n) is 7.71. The van der Waals surface area contributed by atoms with Crippen molar-refractivity contribution in [2.75, 3.05) is 19.7 Å². The maximum Gasteiger partial charge on any atom is 0.123 e. The monoisotopic (exact) mass is 277 g/mol. The number of para-hydroxylation sites is 1. The van der Waals surface area contributed by atoms with Crippen LogP contribution in [0.25, 0.3) is 0 Å². The average Bonchev–Trinajstić information content (AvgIpc) is 2.86. The van der Waals surface area contributed by atoms with Crippen LogP contribution in [0.5, 0.6) is 5.75 Å². The minimum absolute atomic E-state index is 0.591. The summed E-state index contributed by atoms with van der Waals surface area (Å²) in [6, 6.07) is 8.85. The van der Waals surface area contributed by atoms with Crippen molar-refractivity contribution in [2.45, 2.75) is 39.3 Å². The second kappa shape index (κ2) is 8.25. The number of rotatable bonds is 8. The Hall–Kier alpha value is -1.10. The predicted molar refractivity (Wildman–Crippen MR) is 82.6 cm³/mol. The second-order valence-corrected chi connectivity index (χ2v) is 5.43. The molecule has 4 heteroatoms. The van der Waals surface area contributed by atoms with Crippen LogP contribution < -0.4 is 20.9 Å². The number of hydrogen-bond acceptors (Lipinski definition) is 4. The van der Waals surface area contributed by atoms with Crippen molar-refractivity contribution in [1.29, 1.82) is 0 Å². The van der Waals surface area contributed by atoms with Crippen molar-refractivity contribution < 1.29 is 4.74 Å². The highest BCUT2D eigenvalue weighted by Gasteiger charge is 2.21. The molecule has 20 heavy (non-hydrogen) atoms. The van der Waals surface area contributed by atoms with Gasteiger partial charge in [0.1, 0.15) is 5.75 Å². The lowest BCUT2D eigenvalue weighted by Gasteiger charge is -2.14. The highest BCUT2D eigenvalue weighted by Crippen LogP contribution is 2.18. The summed E-state index contributed by atoms with van der Waals surface area (Å²) in [5.41, 5.74) is 7.74. The molecule has 0 aliphatic carbocycles. The lowest BCUT2D eigenvalue weighted by Crippen LogP contribution is -2.28. The van der Waals surface area contributed by atoms with Gasteiger partial charge in [-0.25, -0.2) is 0 Å². The highest BCUT2D eigenvalue weighted by molar-refractivity contribution is 5.33. The van der Waals surface area contributed by atoms with Gasteiger partial charge >= 0.3 is 0 Å². The van der Waals surface area contributed by atoms with Gasteiger partial charge in [-0.1, -0.05) is 18.2 Å². The molecule has 4 nitrogen and oxygen atoms in total. The lowest BCUT2D eigenvalue weighted by molar-refractivity contribution is 0.335. The fourth-order valence-corrected chi connectivity index (χ4v) is 2.66. The van der Waals surface area contributed by atoms with Gasteiger partial charge in [-0.05, 0) is 45.2 Å². The average molecular weight is 277 g/mol. The fraction of sp³-hybridized carbons (Fsp3) is 0.625. The van der Waals surface area contributed by atoms with Crippen LogP contribution in [0.2, 0.25) is 0 Å².